The van der Waals surface area contributed by atoms with Crippen LogP contribution in [0.5, 0.6) is 5.75 Å². The number of hydrogen-bond acceptors (Lipinski definition) is 3. The number of hydrogen-bond donors (Lipinski definition) is 2. The minimum absolute atomic E-state index is 0.391. The molecule has 20 heavy (non-hydrogen) atoms. The molecule has 0 saturated heterocycles. The number of benzene rings is 1. The summed E-state index contributed by atoms with van der Waals surface area (Å²) in [4.78, 5) is 0. The molecule has 1 heterocycles. The number of phenolic OH excluding ortho intramolecular Hbond substituents is 1. The Morgan fingerprint density at radius 1 is 1.55 bits per heavy atom. The first kappa shape index (κ1) is 14.8. The maximum absolute atomic E-state index is 13.3. The first-order chi connectivity index (χ1) is 9.52. The summed E-state index contributed by atoms with van der Waals surface area (Å²) >= 11 is 0. The minimum atomic E-state index is -1.04. The van der Waals surface area contributed by atoms with Gasteiger partial charge in [-0.05, 0) is 36.0 Å². The Morgan fingerprint density at radius 2 is 2.30 bits per heavy atom. The molecule has 0 saturated carbocycles. The van der Waals surface area contributed by atoms with Gasteiger partial charge in [0.2, 0.25) is 0 Å². The summed E-state index contributed by atoms with van der Waals surface area (Å²) in [7, 11) is -1.04. The van der Waals surface area contributed by atoms with E-state index in [1.54, 1.807) is 6.07 Å². The molecule has 1 atom stereocenters. The number of allylic oxidation sites excluding steroid dienone is 2. The van der Waals surface area contributed by atoms with Crippen molar-refractivity contribution in [3.63, 3.8) is 0 Å². The van der Waals surface area contributed by atoms with Gasteiger partial charge in [-0.1, -0.05) is 37.6 Å². The Bertz CT molecular complexity index is 542. The zero-order valence-electron chi connectivity index (χ0n) is 11.5. The molecule has 2 N–H and O–H groups in total. The average molecular weight is 276 g/mol. The highest BCUT2D eigenvalue weighted by atomic mass is 19.1. The standard InChI is InChI=1S/C15H18BFO3/c1-3-4-10(2)12-6-8-15(20-16(12)19)11-5-7-14(18)13(17)9-11/h5-7,9,15,18-19H,2-4,8H2,1H3. The fourth-order valence-corrected chi connectivity index (χ4v) is 2.32. The second-order valence-electron chi connectivity index (χ2n) is 4.94. The summed E-state index contributed by atoms with van der Waals surface area (Å²) in [6.07, 6.45) is 3.78. The third kappa shape index (κ3) is 3.11. The van der Waals surface area contributed by atoms with Crippen molar-refractivity contribution in [1.82, 2.24) is 0 Å². The predicted molar refractivity (Wildman–Crippen MR) is 76.6 cm³/mol. The van der Waals surface area contributed by atoms with E-state index in [9.17, 15) is 14.5 Å². The molecule has 106 valence electrons. The number of phenols is 1. The van der Waals surface area contributed by atoms with Crippen LogP contribution >= 0.6 is 0 Å². The fourth-order valence-electron chi connectivity index (χ4n) is 2.32. The largest absolute Gasteiger partial charge is 0.505 e. The van der Waals surface area contributed by atoms with Crippen LogP contribution in [0, 0.1) is 5.82 Å². The Labute approximate surface area is 118 Å². The van der Waals surface area contributed by atoms with Crippen molar-refractivity contribution in [1.29, 1.82) is 0 Å². The van der Waals surface area contributed by atoms with Crippen molar-refractivity contribution in [2.75, 3.05) is 0 Å². The lowest BCUT2D eigenvalue weighted by Crippen LogP contribution is -2.28. The van der Waals surface area contributed by atoms with Gasteiger partial charge in [0.05, 0.1) is 6.10 Å². The first-order valence-electron chi connectivity index (χ1n) is 6.73. The minimum Gasteiger partial charge on any atom is -0.505 e. The van der Waals surface area contributed by atoms with E-state index < -0.39 is 24.8 Å². The van der Waals surface area contributed by atoms with Crippen molar-refractivity contribution in [3.05, 3.63) is 53.3 Å². The molecule has 1 aromatic carbocycles. The molecule has 0 aromatic heterocycles. The van der Waals surface area contributed by atoms with Gasteiger partial charge in [-0.15, -0.1) is 0 Å². The molecule has 5 heteroatoms. The molecule has 2 rings (SSSR count). The Hall–Kier alpha value is -1.59. The molecular weight excluding hydrogens is 258 g/mol. The second kappa shape index (κ2) is 6.24. The number of rotatable bonds is 4. The molecular formula is C15H18BFO3. The van der Waals surface area contributed by atoms with Crippen molar-refractivity contribution in [2.45, 2.75) is 32.3 Å². The molecule has 0 amide bonds. The molecule has 0 aliphatic carbocycles. The van der Waals surface area contributed by atoms with Crippen LogP contribution in [0.25, 0.3) is 0 Å². The van der Waals surface area contributed by atoms with Crippen LogP contribution in [0.1, 0.15) is 37.9 Å². The Morgan fingerprint density at radius 3 is 2.90 bits per heavy atom. The van der Waals surface area contributed by atoms with Crippen LogP contribution in [0.3, 0.4) is 0 Å². The van der Waals surface area contributed by atoms with Gasteiger partial charge >= 0.3 is 7.12 Å². The molecule has 0 radical (unpaired) electrons. The highest BCUT2D eigenvalue weighted by Crippen LogP contribution is 2.32. The van der Waals surface area contributed by atoms with Gasteiger partial charge in [-0.25, -0.2) is 4.39 Å². The quantitative estimate of drug-likeness (QED) is 0.829. The van der Waals surface area contributed by atoms with Crippen LogP contribution in [-0.4, -0.2) is 17.2 Å². The maximum atomic E-state index is 13.3. The number of aromatic hydroxyl groups is 1. The summed E-state index contributed by atoms with van der Waals surface area (Å²) in [5.41, 5.74) is 2.17. The Balaban J connectivity index is 2.15. The summed E-state index contributed by atoms with van der Waals surface area (Å²) in [5.74, 6) is -1.08. The van der Waals surface area contributed by atoms with E-state index in [0.29, 0.717) is 17.5 Å². The van der Waals surface area contributed by atoms with Gasteiger partial charge in [0, 0.05) is 0 Å². The highest BCUT2D eigenvalue weighted by molar-refractivity contribution is 6.54. The van der Waals surface area contributed by atoms with Crippen LogP contribution in [0.4, 0.5) is 4.39 Å². The molecule has 0 spiro atoms. The summed E-state index contributed by atoms with van der Waals surface area (Å²) in [6, 6.07) is 4.11. The van der Waals surface area contributed by atoms with Crippen LogP contribution < -0.4 is 0 Å². The predicted octanol–water partition coefficient (Wildman–Crippen LogP) is 3.30. The van der Waals surface area contributed by atoms with Crippen molar-refractivity contribution < 1.29 is 19.2 Å². The summed E-state index contributed by atoms with van der Waals surface area (Å²) in [6.45, 7) is 5.99. The molecule has 1 aromatic rings. The monoisotopic (exact) mass is 276 g/mol. The van der Waals surface area contributed by atoms with E-state index in [0.717, 1.165) is 18.4 Å². The first-order valence-corrected chi connectivity index (χ1v) is 6.73. The molecule has 0 bridgehead atoms. The molecule has 1 aliphatic heterocycles. The van der Waals surface area contributed by atoms with Gasteiger partial charge in [-0.3, -0.25) is 0 Å². The van der Waals surface area contributed by atoms with E-state index in [1.165, 1.54) is 12.1 Å². The van der Waals surface area contributed by atoms with Gasteiger partial charge in [-0.2, -0.15) is 0 Å². The topological polar surface area (TPSA) is 49.7 Å². The third-order valence-corrected chi connectivity index (χ3v) is 3.41. The van der Waals surface area contributed by atoms with E-state index >= 15 is 0 Å². The lowest BCUT2D eigenvalue weighted by Gasteiger charge is -2.26. The second-order valence-corrected chi connectivity index (χ2v) is 4.94. The lowest BCUT2D eigenvalue weighted by atomic mass is 9.70. The van der Waals surface area contributed by atoms with Crippen molar-refractivity contribution >= 4 is 7.12 Å². The smallest absolute Gasteiger partial charge is 0.491 e. The molecule has 1 aliphatic rings. The lowest BCUT2D eigenvalue weighted by molar-refractivity contribution is 0.168. The number of halogens is 1. The van der Waals surface area contributed by atoms with Gasteiger partial charge in [0.15, 0.2) is 11.6 Å². The van der Waals surface area contributed by atoms with Crippen LogP contribution in [0.15, 0.2) is 41.9 Å². The molecule has 0 fully saturated rings. The van der Waals surface area contributed by atoms with E-state index in [4.69, 9.17) is 4.65 Å². The van der Waals surface area contributed by atoms with E-state index in [1.807, 2.05) is 13.0 Å². The van der Waals surface area contributed by atoms with Gasteiger partial charge in [0.1, 0.15) is 0 Å². The summed E-state index contributed by atoms with van der Waals surface area (Å²) in [5, 5.41) is 19.2. The van der Waals surface area contributed by atoms with Crippen molar-refractivity contribution in [2.24, 2.45) is 0 Å². The maximum Gasteiger partial charge on any atom is 0.491 e. The van der Waals surface area contributed by atoms with E-state index in [2.05, 4.69) is 6.58 Å². The SMILES string of the molecule is C=C(CCC)C1=CCC(c2ccc(O)c(F)c2)OB1O. The third-order valence-electron chi connectivity index (χ3n) is 3.41. The van der Waals surface area contributed by atoms with Crippen molar-refractivity contribution in [3.8, 4) is 5.75 Å². The Kier molecular flexibility index (Phi) is 4.63. The normalized spacial score (nSPS) is 18.9. The molecule has 1 unspecified atom stereocenters. The average Bonchev–Trinajstić information content (AvgIpc) is 2.42. The fraction of sp³-hybridized carbons (Fsp3) is 0.333. The zero-order valence-corrected chi connectivity index (χ0v) is 11.5. The van der Waals surface area contributed by atoms with E-state index in [-0.39, 0.29) is 0 Å². The zero-order chi connectivity index (χ0) is 14.7. The van der Waals surface area contributed by atoms with Crippen LogP contribution in [0.2, 0.25) is 0 Å². The van der Waals surface area contributed by atoms with Gasteiger partial charge < -0.3 is 14.8 Å². The van der Waals surface area contributed by atoms with Gasteiger partial charge in [0.25, 0.3) is 0 Å². The molecule has 3 nitrogen and oxygen atoms in total. The highest BCUT2D eigenvalue weighted by Gasteiger charge is 2.30. The summed E-state index contributed by atoms with van der Waals surface area (Å²) < 4.78 is 18.9. The van der Waals surface area contributed by atoms with Crippen LogP contribution in [-0.2, 0) is 4.65 Å².